The molecule has 2 fully saturated rings. The summed E-state index contributed by atoms with van der Waals surface area (Å²) in [5.41, 5.74) is 2.32. The largest absolute Gasteiger partial charge is 0.507 e. The Morgan fingerprint density at radius 2 is 1.76 bits per heavy atom. The highest BCUT2D eigenvalue weighted by atomic mass is 16.5. The molecule has 1 aliphatic carbocycles. The van der Waals surface area contributed by atoms with Crippen molar-refractivity contribution in [3.05, 3.63) is 71.4 Å². The Labute approximate surface area is 192 Å². The first-order valence-corrected chi connectivity index (χ1v) is 11.6. The molecule has 170 valence electrons. The molecular weight excluding hydrogens is 416 g/mol. The van der Waals surface area contributed by atoms with Crippen LogP contribution in [0.1, 0.15) is 56.7 Å². The monoisotopic (exact) mass is 444 g/mol. The van der Waals surface area contributed by atoms with Gasteiger partial charge in [0.05, 0.1) is 17.7 Å². The molecule has 6 nitrogen and oxygen atoms in total. The lowest BCUT2D eigenvalue weighted by atomic mass is 9.94. The normalized spacial score (nSPS) is 20.9. The zero-order chi connectivity index (χ0) is 23.1. The third kappa shape index (κ3) is 3.69. The minimum atomic E-state index is -0.630. The molecule has 6 heteroatoms. The summed E-state index contributed by atoms with van der Waals surface area (Å²) in [5.74, 6) is -0.574. The molecule has 33 heavy (non-hydrogen) atoms. The molecule has 2 aromatic carbocycles. The van der Waals surface area contributed by atoms with Gasteiger partial charge in [0.2, 0.25) is 0 Å². The average Bonchev–Trinajstić information content (AvgIpc) is 3.53. The molecular formula is C27H28N2O4. The van der Waals surface area contributed by atoms with Crippen LogP contribution in [0.3, 0.4) is 0 Å². The fourth-order valence-electron chi connectivity index (χ4n) is 5.15. The van der Waals surface area contributed by atoms with E-state index in [1.165, 1.54) is 0 Å². The van der Waals surface area contributed by atoms with Crippen LogP contribution in [0.2, 0.25) is 0 Å². The van der Waals surface area contributed by atoms with E-state index < -0.39 is 17.7 Å². The topological polar surface area (TPSA) is 82.6 Å². The molecule has 1 saturated heterocycles. The maximum Gasteiger partial charge on any atom is 0.295 e. The third-order valence-electron chi connectivity index (χ3n) is 6.61. The molecule has 1 aliphatic heterocycles. The number of hydrogen-bond acceptors (Lipinski definition) is 4. The highest BCUT2D eigenvalue weighted by molar-refractivity contribution is 6.46. The van der Waals surface area contributed by atoms with Gasteiger partial charge in [-0.1, -0.05) is 43.2 Å². The molecule has 1 aromatic heterocycles. The Morgan fingerprint density at radius 3 is 2.45 bits per heavy atom. The van der Waals surface area contributed by atoms with Crippen LogP contribution in [-0.4, -0.2) is 38.8 Å². The van der Waals surface area contributed by atoms with Gasteiger partial charge in [-0.15, -0.1) is 0 Å². The maximum atomic E-state index is 13.3. The molecule has 5 rings (SSSR count). The molecule has 1 amide bonds. The minimum absolute atomic E-state index is 0.00805. The van der Waals surface area contributed by atoms with Crippen molar-refractivity contribution < 1.29 is 19.4 Å². The van der Waals surface area contributed by atoms with Crippen LogP contribution in [0.5, 0.6) is 5.75 Å². The number of hydrogen-bond donors (Lipinski definition) is 2. The molecule has 1 atom stereocenters. The average molecular weight is 445 g/mol. The number of aromatic nitrogens is 1. The number of carbonyl (C=O) groups excluding carboxylic acids is 2. The third-order valence-corrected chi connectivity index (χ3v) is 6.61. The number of rotatable bonds is 5. The Balaban J connectivity index is 1.65. The second-order valence-electron chi connectivity index (χ2n) is 9.13. The summed E-state index contributed by atoms with van der Waals surface area (Å²) in [5, 5.41) is 12.2. The first-order valence-electron chi connectivity index (χ1n) is 11.6. The number of nitrogens with zero attached hydrogens (tertiary/aromatic N) is 1. The summed E-state index contributed by atoms with van der Waals surface area (Å²) in [4.78, 5) is 31.4. The lowest BCUT2D eigenvalue weighted by Crippen LogP contribution is -2.37. The van der Waals surface area contributed by atoms with Gasteiger partial charge in [-0.3, -0.25) is 9.59 Å². The van der Waals surface area contributed by atoms with E-state index in [2.05, 4.69) is 4.98 Å². The van der Waals surface area contributed by atoms with Crippen molar-refractivity contribution in [1.82, 2.24) is 9.88 Å². The van der Waals surface area contributed by atoms with Gasteiger partial charge >= 0.3 is 0 Å². The SMILES string of the molecule is CC(C)Oc1ccc(C2/C(=C(/O)c3c[nH]c4ccccc34)C(=O)C(=O)N2C2CCCC2)cc1. The highest BCUT2D eigenvalue weighted by Crippen LogP contribution is 2.44. The van der Waals surface area contributed by atoms with Crippen LogP contribution in [-0.2, 0) is 9.59 Å². The number of aliphatic hydroxyl groups excluding tert-OH is 1. The van der Waals surface area contributed by atoms with E-state index >= 15 is 0 Å². The van der Waals surface area contributed by atoms with Crippen LogP contribution < -0.4 is 4.74 Å². The lowest BCUT2D eigenvalue weighted by molar-refractivity contribution is -0.141. The number of likely N-dealkylation sites (tertiary alicyclic amines) is 1. The minimum Gasteiger partial charge on any atom is -0.507 e. The quantitative estimate of drug-likeness (QED) is 0.317. The van der Waals surface area contributed by atoms with Crippen molar-refractivity contribution in [2.75, 3.05) is 0 Å². The first kappa shape index (κ1) is 21.3. The van der Waals surface area contributed by atoms with Gasteiger partial charge < -0.3 is 19.7 Å². The predicted molar refractivity (Wildman–Crippen MR) is 127 cm³/mol. The van der Waals surface area contributed by atoms with E-state index in [1.807, 2.05) is 62.4 Å². The summed E-state index contributed by atoms with van der Waals surface area (Å²) < 4.78 is 5.77. The Bertz CT molecular complexity index is 1230. The van der Waals surface area contributed by atoms with Crippen molar-refractivity contribution in [3.63, 3.8) is 0 Å². The molecule has 0 radical (unpaired) electrons. The van der Waals surface area contributed by atoms with Crippen LogP contribution >= 0.6 is 0 Å². The number of ketones is 1. The van der Waals surface area contributed by atoms with E-state index in [4.69, 9.17) is 4.74 Å². The van der Waals surface area contributed by atoms with E-state index in [0.29, 0.717) is 5.56 Å². The summed E-state index contributed by atoms with van der Waals surface area (Å²) in [6, 6.07) is 14.4. The van der Waals surface area contributed by atoms with Gasteiger partial charge in [-0.2, -0.15) is 0 Å². The van der Waals surface area contributed by atoms with Crippen molar-refractivity contribution in [1.29, 1.82) is 0 Å². The van der Waals surface area contributed by atoms with E-state index in [9.17, 15) is 14.7 Å². The number of H-pyrrole nitrogens is 1. The Morgan fingerprint density at radius 1 is 1.06 bits per heavy atom. The summed E-state index contributed by atoms with van der Waals surface area (Å²) in [6.07, 6.45) is 5.53. The van der Waals surface area contributed by atoms with Crippen LogP contribution in [0.4, 0.5) is 0 Å². The molecule has 1 saturated carbocycles. The van der Waals surface area contributed by atoms with Crippen molar-refractivity contribution in [3.8, 4) is 5.75 Å². The number of benzene rings is 2. The Kier molecular flexibility index (Phi) is 5.44. The van der Waals surface area contributed by atoms with Crippen molar-refractivity contribution >= 4 is 28.4 Å². The van der Waals surface area contributed by atoms with E-state index in [0.717, 1.165) is 47.9 Å². The molecule has 2 N–H and O–H groups in total. The first-order chi connectivity index (χ1) is 16.0. The van der Waals surface area contributed by atoms with Gasteiger partial charge in [0.15, 0.2) is 0 Å². The zero-order valence-electron chi connectivity index (χ0n) is 18.9. The number of amides is 1. The molecule has 2 aliphatic rings. The fourth-order valence-corrected chi connectivity index (χ4v) is 5.15. The van der Waals surface area contributed by atoms with Gasteiger partial charge in [0, 0.05) is 28.7 Å². The lowest BCUT2D eigenvalue weighted by Gasteiger charge is -2.30. The summed E-state index contributed by atoms with van der Waals surface area (Å²) in [6.45, 7) is 3.92. The van der Waals surface area contributed by atoms with Gasteiger partial charge in [0.25, 0.3) is 11.7 Å². The smallest absolute Gasteiger partial charge is 0.295 e. The zero-order valence-corrected chi connectivity index (χ0v) is 18.9. The summed E-state index contributed by atoms with van der Waals surface area (Å²) in [7, 11) is 0. The number of fused-ring (bicyclic) bond motifs is 1. The molecule has 3 aromatic rings. The number of Topliss-reactive ketones (excluding diaryl/α,β-unsaturated/α-hetero) is 1. The van der Waals surface area contributed by atoms with Crippen molar-refractivity contribution in [2.24, 2.45) is 0 Å². The number of carbonyl (C=O) groups is 2. The number of aliphatic hydroxyl groups is 1. The second-order valence-corrected chi connectivity index (χ2v) is 9.13. The number of nitrogens with one attached hydrogen (secondary N) is 1. The molecule has 1 unspecified atom stereocenters. The highest BCUT2D eigenvalue weighted by Gasteiger charge is 2.49. The maximum absolute atomic E-state index is 13.3. The van der Waals surface area contributed by atoms with E-state index in [-0.39, 0.29) is 23.5 Å². The summed E-state index contributed by atoms with van der Waals surface area (Å²) >= 11 is 0. The van der Waals surface area contributed by atoms with Crippen LogP contribution in [0.15, 0.2) is 60.3 Å². The van der Waals surface area contributed by atoms with Crippen molar-refractivity contribution in [2.45, 2.75) is 57.7 Å². The van der Waals surface area contributed by atoms with E-state index in [1.54, 1.807) is 11.1 Å². The molecule has 0 spiro atoms. The van der Waals surface area contributed by atoms with Crippen LogP contribution in [0.25, 0.3) is 16.7 Å². The van der Waals surface area contributed by atoms with Crippen LogP contribution in [0, 0.1) is 0 Å². The Hall–Kier alpha value is -3.54. The fraction of sp³-hybridized carbons (Fsp3) is 0.333. The molecule has 0 bridgehead atoms. The second kappa shape index (κ2) is 8.43. The predicted octanol–water partition coefficient (Wildman–Crippen LogP) is 5.32. The standard InChI is InChI=1S/C27H28N2O4/c1-16(2)33-19-13-11-17(12-14-19)24-23(26(31)27(32)29(24)18-7-3-4-8-18)25(30)21-15-28-22-10-6-5-9-20(21)22/h5-6,9-16,18,24,28,30H,3-4,7-8H2,1-2H3/b25-23-. The van der Waals surface area contributed by atoms with Gasteiger partial charge in [-0.05, 0) is 50.5 Å². The molecule has 2 heterocycles. The van der Waals surface area contributed by atoms with Gasteiger partial charge in [0.1, 0.15) is 11.5 Å². The number of aromatic amines is 1. The number of ether oxygens (including phenoxy) is 1. The number of para-hydroxylation sites is 1. The van der Waals surface area contributed by atoms with Gasteiger partial charge in [-0.25, -0.2) is 0 Å².